The van der Waals surface area contributed by atoms with Gasteiger partial charge in [-0.15, -0.1) is 0 Å². The summed E-state index contributed by atoms with van der Waals surface area (Å²) in [7, 11) is 1.68. The first-order valence-electron chi connectivity index (χ1n) is 9.43. The molecule has 0 aliphatic carbocycles. The number of aromatic nitrogens is 2. The van der Waals surface area contributed by atoms with Crippen molar-refractivity contribution in [3.05, 3.63) is 66.4 Å². The summed E-state index contributed by atoms with van der Waals surface area (Å²) in [5.74, 6) is 0.847. The maximum Gasteiger partial charge on any atom is 0.118 e. The van der Waals surface area contributed by atoms with E-state index in [1.165, 1.54) is 5.56 Å². The molecule has 1 saturated heterocycles. The van der Waals surface area contributed by atoms with Crippen LogP contribution in [0, 0.1) is 0 Å². The second kappa shape index (κ2) is 8.37. The zero-order valence-corrected chi connectivity index (χ0v) is 15.6. The van der Waals surface area contributed by atoms with Crippen molar-refractivity contribution in [3.63, 3.8) is 0 Å². The van der Waals surface area contributed by atoms with Crippen LogP contribution in [0.2, 0.25) is 0 Å². The number of hydrogen-bond acceptors (Lipinski definition) is 4. The summed E-state index contributed by atoms with van der Waals surface area (Å²) in [5, 5.41) is 8.51. The molecule has 1 aliphatic rings. The van der Waals surface area contributed by atoms with E-state index in [0.29, 0.717) is 6.04 Å². The molecule has 2 heterocycles. The first-order valence-corrected chi connectivity index (χ1v) is 9.43. The Bertz CT molecular complexity index is 853. The van der Waals surface area contributed by atoms with Crippen LogP contribution >= 0.6 is 0 Å². The Morgan fingerprint density at radius 2 is 1.96 bits per heavy atom. The number of hydrogen-bond donors (Lipinski definition) is 1. The fourth-order valence-electron chi connectivity index (χ4n) is 3.40. The van der Waals surface area contributed by atoms with Crippen LogP contribution in [0.15, 0.2) is 60.8 Å². The second-order valence-corrected chi connectivity index (χ2v) is 6.81. The van der Waals surface area contributed by atoms with Crippen molar-refractivity contribution in [2.45, 2.75) is 25.4 Å². The van der Waals surface area contributed by atoms with Gasteiger partial charge < -0.3 is 14.8 Å². The van der Waals surface area contributed by atoms with Crippen molar-refractivity contribution >= 4 is 0 Å². The molecule has 3 aromatic rings. The van der Waals surface area contributed by atoms with Crippen molar-refractivity contribution in [3.8, 4) is 22.7 Å². The van der Waals surface area contributed by atoms with Gasteiger partial charge in [0.2, 0.25) is 0 Å². The van der Waals surface area contributed by atoms with Gasteiger partial charge >= 0.3 is 0 Å². The van der Waals surface area contributed by atoms with Crippen LogP contribution < -0.4 is 10.1 Å². The number of methoxy groups -OCH3 is 1. The molecule has 1 aliphatic heterocycles. The maximum atomic E-state index is 5.59. The van der Waals surface area contributed by atoms with Gasteiger partial charge in [0, 0.05) is 36.5 Å². The van der Waals surface area contributed by atoms with E-state index in [9.17, 15) is 0 Å². The highest BCUT2D eigenvalue weighted by Crippen LogP contribution is 2.26. The quantitative estimate of drug-likeness (QED) is 0.723. The third-order valence-corrected chi connectivity index (χ3v) is 4.92. The minimum Gasteiger partial charge on any atom is -0.497 e. The predicted octanol–water partition coefficient (Wildman–Crippen LogP) is 3.82. The number of nitrogens with one attached hydrogen (secondary N) is 1. The lowest BCUT2D eigenvalue weighted by Gasteiger charge is -2.23. The molecule has 1 N–H and O–H groups in total. The van der Waals surface area contributed by atoms with Gasteiger partial charge in [0.1, 0.15) is 5.75 Å². The lowest BCUT2D eigenvalue weighted by Crippen LogP contribution is -2.36. The smallest absolute Gasteiger partial charge is 0.118 e. The van der Waals surface area contributed by atoms with Crippen molar-refractivity contribution < 1.29 is 9.47 Å². The maximum absolute atomic E-state index is 5.59. The minimum atomic E-state index is 0.405. The Balaban J connectivity index is 1.62. The van der Waals surface area contributed by atoms with Crippen LogP contribution in [0.5, 0.6) is 5.75 Å². The monoisotopic (exact) mass is 363 g/mol. The number of para-hydroxylation sites is 1. The average molecular weight is 363 g/mol. The summed E-state index contributed by atoms with van der Waals surface area (Å²) in [6.07, 6.45) is 4.39. The van der Waals surface area contributed by atoms with Gasteiger partial charge in [-0.3, -0.25) is 0 Å². The molecule has 27 heavy (non-hydrogen) atoms. The van der Waals surface area contributed by atoms with Crippen LogP contribution in [-0.4, -0.2) is 36.1 Å². The third-order valence-electron chi connectivity index (χ3n) is 4.92. The van der Waals surface area contributed by atoms with Gasteiger partial charge in [-0.25, -0.2) is 4.68 Å². The Morgan fingerprint density at radius 3 is 2.67 bits per heavy atom. The van der Waals surface area contributed by atoms with Crippen molar-refractivity contribution in [1.29, 1.82) is 0 Å². The molecule has 0 spiro atoms. The number of nitrogens with zero attached hydrogens (tertiary/aromatic N) is 2. The zero-order valence-electron chi connectivity index (χ0n) is 15.6. The third kappa shape index (κ3) is 4.21. The lowest BCUT2D eigenvalue weighted by atomic mass is 10.1. The molecule has 4 rings (SSSR count). The van der Waals surface area contributed by atoms with E-state index < -0.39 is 0 Å². The van der Waals surface area contributed by atoms with E-state index in [4.69, 9.17) is 14.6 Å². The molecule has 0 saturated carbocycles. The predicted molar refractivity (Wildman–Crippen MR) is 106 cm³/mol. The second-order valence-electron chi connectivity index (χ2n) is 6.81. The molecule has 5 nitrogen and oxygen atoms in total. The first kappa shape index (κ1) is 17.8. The highest BCUT2D eigenvalue weighted by molar-refractivity contribution is 5.64. The summed E-state index contributed by atoms with van der Waals surface area (Å²) in [6, 6.07) is 18.7. The fraction of sp³-hybridized carbons (Fsp3) is 0.318. The van der Waals surface area contributed by atoms with Crippen molar-refractivity contribution in [2.75, 3.05) is 20.3 Å². The van der Waals surface area contributed by atoms with E-state index in [-0.39, 0.29) is 0 Å². The van der Waals surface area contributed by atoms with Crippen LogP contribution in [0.1, 0.15) is 18.4 Å². The van der Waals surface area contributed by atoms with E-state index in [0.717, 1.165) is 55.3 Å². The van der Waals surface area contributed by atoms with E-state index >= 15 is 0 Å². The molecule has 1 fully saturated rings. The highest BCUT2D eigenvalue weighted by Gasteiger charge is 2.16. The van der Waals surface area contributed by atoms with Gasteiger partial charge in [-0.1, -0.05) is 18.2 Å². The van der Waals surface area contributed by atoms with Gasteiger partial charge in [-0.2, -0.15) is 5.10 Å². The summed E-state index contributed by atoms with van der Waals surface area (Å²) < 4.78 is 12.8. The van der Waals surface area contributed by atoms with Crippen LogP contribution in [0.4, 0.5) is 0 Å². The molecule has 0 amide bonds. The SMILES string of the molecule is COc1ccc(-c2nn(-c3ccccc3)cc2CNC2CCCOC2)cc1. The molecular weight excluding hydrogens is 338 g/mol. The van der Waals surface area contributed by atoms with E-state index in [1.54, 1.807) is 7.11 Å². The van der Waals surface area contributed by atoms with Crippen LogP contribution in [0.3, 0.4) is 0 Å². The molecule has 1 atom stereocenters. The minimum absolute atomic E-state index is 0.405. The summed E-state index contributed by atoms with van der Waals surface area (Å²) in [5.41, 5.74) is 4.31. The molecule has 5 heteroatoms. The zero-order chi connectivity index (χ0) is 18.5. The van der Waals surface area contributed by atoms with Gasteiger partial charge in [0.15, 0.2) is 0 Å². The number of rotatable bonds is 6. The molecule has 140 valence electrons. The summed E-state index contributed by atoms with van der Waals surface area (Å²) in [4.78, 5) is 0. The number of benzene rings is 2. The molecule has 0 radical (unpaired) electrons. The van der Waals surface area contributed by atoms with Crippen molar-refractivity contribution in [1.82, 2.24) is 15.1 Å². The van der Waals surface area contributed by atoms with Crippen LogP contribution in [-0.2, 0) is 11.3 Å². The Morgan fingerprint density at radius 1 is 1.15 bits per heavy atom. The fourth-order valence-corrected chi connectivity index (χ4v) is 3.40. The van der Waals surface area contributed by atoms with Gasteiger partial charge in [0.25, 0.3) is 0 Å². The Labute approximate surface area is 159 Å². The van der Waals surface area contributed by atoms with Crippen LogP contribution in [0.25, 0.3) is 16.9 Å². The summed E-state index contributed by atoms with van der Waals surface area (Å²) >= 11 is 0. The Kier molecular flexibility index (Phi) is 5.51. The largest absolute Gasteiger partial charge is 0.497 e. The first-order chi connectivity index (χ1) is 13.3. The normalized spacial score (nSPS) is 17.0. The standard InChI is InChI=1S/C22H25N3O2/c1-26-21-11-9-17(10-12-21)22-18(14-23-19-6-5-13-27-16-19)15-25(24-22)20-7-3-2-4-8-20/h2-4,7-12,15,19,23H,5-6,13-14,16H2,1H3. The molecule has 0 bridgehead atoms. The van der Waals surface area contributed by atoms with Crippen molar-refractivity contribution in [2.24, 2.45) is 0 Å². The molecule has 2 aromatic carbocycles. The molecule has 1 aromatic heterocycles. The van der Waals surface area contributed by atoms with E-state index in [2.05, 4.69) is 35.8 Å². The Hall–Kier alpha value is -2.63. The van der Waals surface area contributed by atoms with E-state index in [1.807, 2.05) is 35.0 Å². The lowest BCUT2D eigenvalue weighted by molar-refractivity contribution is 0.0699. The molecule has 1 unspecified atom stereocenters. The summed E-state index contributed by atoms with van der Waals surface area (Å²) in [6.45, 7) is 2.42. The topological polar surface area (TPSA) is 48.3 Å². The van der Waals surface area contributed by atoms with Gasteiger partial charge in [-0.05, 0) is 49.2 Å². The van der Waals surface area contributed by atoms with Gasteiger partial charge in [0.05, 0.1) is 25.1 Å². The number of ether oxygens (including phenoxy) is 2. The molecular formula is C22H25N3O2. The average Bonchev–Trinajstić information content (AvgIpc) is 3.18. The highest BCUT2D eigenvalue weighted by atomic mass is 16.5.